The van der Waals surface area contributed by atoms with E-state index in [0.29, 0.717) is 0 Å². The van der Waals surface area contributed by atoms with E-state index in [1.807, 2.05) is 0 Å². The zero-order valence-electron chi connectivity index (χ0n) is 9.04. The van der Waals surface area contributed by atoms with Crippen molar-refractivity contribution in [2.75, 3.05) is 26.2 Å². The number of nitrogens with one attached hydrogen (secondary N) is 1. The Morgan fingerprint density at radius 1 is 0.929 bits per heavy atom. The van der Waals surface area contributed by atoms with Crippen molar-refractivity contribution in [1.29, 1.82) is 0 Å². The number of piperidine rings is 1. The molecule has 3 atom stereocenters. The molecule has 2 aliphatic heterocycles. The van der Waals surface area contributed by atoms with Crippen LogP contribution in [0.3, 0.4) is 0 Å². The van der Waals surface area contributed by atoms with Gasteiger partial charge in [-0.1, -0.05) is 6.42 Å². The van der Waals surface area contributed by atoms with Crippen LogP contribution in [0.1, 0.15) is 32.1 Å². The molecule has 2 heteroatoms. The summed E-state index contributed by atoms with van der Waals surface area (Å²) >= 11 is 0. The van der Waals surface area contributed by atoms with Crippen molar-refractivity contribution in [2.24, 2.45) is 11.8 Å². The van der Waals surface area contributed by atoms with Gasteiger partial charge in [0.2, 0.25) is 0 Å². The summed E-state index contributed by atoms with van der Waals surface area (Å²) in [7, 11) is 0. The summed E-state index contributed by atoms with van der Waals surface area (Å²) in [5, 5.41) is 3.54. The highest BCUT2D eigenvalue weighted by molar-refractivity contribution is 4.92. The second kappa shape index (κ2) is 3.82. The molecule has 1 saturated carbocycles. The number of hydrogen-bond acceptors (Lipinski definition) is 2. The highest BCUT2D eigenvalue weighted by Crippen LogP contribution is 2.38. The van der Waals surface area contributed by atoms with Gasteiger partial charge in [0.1, 0.15) is 0 Å². The highest BCUT2D eigenvalue weighted by Gasteiger charge is 2.38. The predicted molar refractivity (Wildman–Crippen MR) is 58.3 cm³/mol. The number of fused-ring (bicyclic) bond motifs is 1. The molecule has 2 nitrogen and oxygen atoms in total. The number of rotatable bonds is 1. The molecule has 0 aromatic heterocycles. The molecular weight excluding hydrogens is 172 g/mol. The molecule has 3 unspecified atom stereocenters. The number of nitrogens with zero attached hydrogens (tertiary/aromatic N) is 1. The van der Waals surface area contributed by atoms with Crippen LogP contribution in [0.2, 0.25) is 0 Å². The van der Waals surface area contributed by atoms with E-state index in [-0.39, 0.29) is 0 Å². The molecule has 2 saturated heterocycles. The predicted octanol–water partition coefficient (Wildman–Crippen LogP) is 1.47. The average molecular weight is 194 g/mol. The first-order chi connectivity index (χ1) is 6.93. The normalized spacial score (nSPS) is 44.1. The molecule has 3 aliphatic rings. The van der Waals surface area contributed by atoms with E-state index in [1.54, 1.807) is 0 Å². The zero-order valence-corrected chi connectivity index (χ0v) is 9.04. The molecule has 0 amide bonds. The first-order valence-corrected chi connectivity index (χ1v) is 6.38. The maximum absolute atomic E-state index is 3.54. The van der Waals surface area contributed by atoms with Crippen LogP contribution >= 0.6 is 0 Å². The Hall–Kier alpha value is -0.0800. The van der Waals surface area contributed by atoms with E-state index in [4.69, 9.17) is 0 Å². The SMILES string of the molecule is C1CC2CN(C3CCCNC3)CC2C1. The molecule has 0 aromatic carbocycles. The van der Waals surface area contributed by atoms with Gasteiger partial charge in [0.25, 0.3) is 0 Å². The van der Waals surface area contributed by atoms with Crippen LogP contribution in [0.25, 0.3) is 0 Å². The maximum Gasteiger partial charge on any atom is 0.0221 e. The number of likely N-dealkylation sites (tertiary alicyclic amines) is 1. The first kappa shape index (κ1) is 9.17. The van der Waals surface area contributed by atoms with Crippen LogP contribution in [-0.4, -0.2) is 37.1 Å². The average Bonchev–Trinajstić information content (AvgIpc) is 2.78. The molecule has 0 aromatic rings. The minimum atomic E-state index is 0.870. The minimum Gasteiger partial charge on any atom is -0.315 e. The smallest absolute Gasteiger partial charge is 0.0221 e. The van der Waals surface area contributed by atoms with Crippen molar-refractivity contribution >= 4 is 0 Å². The van der Waals surface area contributed by atoms with Crippen LogP contribution < -0.4 is 5.32 Å². The fourth-order valence-electron chi connectivity index (χ4n) is 3.71. The Labute approximate surface area is 87.0 Å². The third-order valence-corrected chi connectivity index (χ3v) is 4.54. The highest BCUT2D eigenvalue weighted by atomic mass is 15.2. The van der Waals surface area contributed by atoms with Crippen LogP contribution in [0.5, 0.6) is 0 Å². The first-order valence-electron chi connectivity index (χ1n) is 6.38. The topological polar surface area (TPSA) is 15.3 Å². The molecular formula is C12H22N2. The summed E-state index contributed by atoms with van der Waals surface area (Å²) in [5.41, 5.74) is 0. The maximum atomic E-state index is 3.54. The van der Waals surface area contributed by atoms with Gasteiger partial charge in [-0.2, -0.15) is 0 Å². The Morgan fingerprint density at radius 3 is 2.36 bits per heavy atom. The Bertz CT molecular complexity index is 186. The van der Waals surface area contributed by atoms with Gasteiger partial charge in [-0.15, -0.1) is 0 Å². The van der Waals surface area contributed by atoms with E-state index in [9.17, 15) is 0 Å². The summed E-state index contributed by atoms with van der Waals surface area (Å²) in [6.45, 7) is 5.32. The fourth-order valence-corrected chi connectivity index (χ4v) is 3.71. The largest absolute Gasteiger partial charge is 0.315 e. The molecule has 80 valence electrons. The van der Waals surface area contributed by atoms with Crippen molar-refractivity contribution in [2.45, 2.75) is 38.1 Å². The van der Waals surface area contributed by atoms with Crippen LogP contribution in [0.4, 0.5) is 0 Å². The van der Waals surface area contributed by atoms with Gasteiger partial charge < -0.3 is 5.32 Å². The zero-order chi connectivity index (χ0) is 9.38. The van der Waals surface area contributed by atoms with Crippen LogP contribution in [0.15, 0.2) is 0 Å². The summed E-state index contributed by atoms with van der Waals surface area (Å²) in [5.74, 6) is 2.13. The molecule has 1 N–H and O–H groups in total. The third-order valence-electron chi connectivity index (χ3n) is 4.54. The van der Waals surface area contributed by atoms with Gasteiger partial charge >= 0.3 is 0 Å². The van der Waals surface area contributed by atoms with Gasteiger partial charge in [0.05, 0.1) is 0 Å². The molecule has 14 heavy (non-hydrogen) atoms. The Morgan fingerprint density at radius 2 is 1.71 bits per heavy atom. The molecule has 0 bridgehead atoms. The molecule has 0 radical (unpaired) electrons. The van der Waals surface area contributed by atoms with Crippen molar-refractivity contribution in [1.82, 2.24) is 10.2 Å². The van der Waals surface area contributed by atoms with Gasteiger partial charge in [0.15, 0.2) is 0 Å². The van der Waals surface area contributed by atoms with Crippen molar-refractivity contribution in [3.63, 3.8) is 0 Å². The Kier molecular flexibility index (Phi) is 2.50. The monoisotopic (exact) mass is 194 g/mol. The summed E-state index contributed by atoms with van der Waals surface area (Å²) in [4.78, 5) is 2.78. The van der Waals surface area contributed by atoms with Gasteiger partial charge in [-0.3, -0.25) is 4.90 Å². The quantitative estimate of drug-likeness (QED) is 0.680. The van der Waals surface area contributed by atoms with Crippen molar-refractivity contribution < 1.29 is 0 Å². The van der Waals surface area contributed by atoms with Gasteiger partial charge in [0, 0.05) is 25.7 Å². The number of hydrogen-bond donors (Lipinski definition) is 1. The molecule has 3 rings (SSSR count). The minimum absolute atomic E-state index is 0.870. The van der Waals surface area contributed by atoms with Crippen molar-refractivity contribution in [3.8, 4) is 0 Å². The van der Waals surface area contributed by atoms with E-state index < -0.39 is 0 Å². The third kappa shape index (κ3) is 1.59. The second-order valence-corrected chi connectivity index (χ2v) is 5.41. The lowest BCUT2D eigenvalue weighted by atomic mass is 10.0. The molecule has 0 spiro atoms. The lowest BCUT2D eigenvalue weighted by Crippen LogP contribution is -2.45. The summed E-state index contributed by atoms with van der Waals surface area (Å²) in [6, 6.07) is 0.870. The molecule has 2 heterocycles. The van der Waals surface area contributed by atoms with Crippen LogP contribution in [0, 0.1) is 11.8 Å². The summed E-state index contributed by atoms with van der Waals surface area (Å²) < 4.78 is 0. The van der Waals surface area contributed by atoms with E-state index in [0.717, 1.165) is 17.9 Å². The summed E-state index contributed by atoms with van der Waals surface area (Å²) in [6.07, 6.45) is 7.36. The standard InChI is InChI=1S/C12H22N2/c1-3-10-8-14(9-11(10)4-1)12-5-2-6-13-7-12/h10-13H,1-9H2. The van der Waals surface area contributed by atoms with Crippen LogP contribution in [-0.2, 0) is 0 Å². The van der Waals surface area contributed by atoms with Gasteiger partial charge in [-0.25, -0.2) is 0 Å². The second-order valence-electron chi connectivity index (χ2n) is 5.41. The van der Waals surface area contributed by atoms with Crippen molar-refractivity contribution in [3.05, 3.63) is 0 Å². The Balaban J connectivity index is 1.59. The lowest BCUT2D eigenvalue weighted by molar-refractivity contribution is 0.189. The fraction of sp³-hybridized carbons (Fsp3) is 1.00. The van der Waals surface area contributed by atoms with E-state index in [1.165, 1.54) is 58.3 Å². The van der Waals surface area contributed by atoms with E-state index >= 15 is 0 Å². The molecule has 3 fully saturated rings. The molecule has 1 aliphatic carbocycles. The van der Waals surface area contributed by atoms with E-state index in [2.05, 4.69) is 10.2 Å². The lowest BCUT2D eigenvalue weighted by Gasteiger charge is -2.32. The van der Waals surface area contributed by atoms with Gasteiger partial charge in [-0.05, 0) is 44.1 Å².